The van der Waals surface area contributed by atoms with Gasteiger partial charge < -0.3 is 15.0 Å². The average molecular weight is 312 g/mol. The predicted octanol–water partition coefficient (Wildman–Crippen LogP) is 2.88. The van der Waals surface area contributed by atoms with Crippen LogP contribution in [0.1, 0.15) is 23.0 Å². The summed E-state index contributed by atoms with van der Waals surface area (Å²) in [4.78, 5) is 5.54. The third-order valence-electron chi connectivity index (χ3n) is 3.79. The van der Waals surface area contributed by atoms with Gasteiger partial charge in [-0.2, -0.15) is 0 Å². The summed E-state index contributed by atoms with van der Waals surface area (Å²) in [6.07, 6.45) is 5.73. The van der Waals surface area contributed by atoms with Gasteiger partial charge in [-0.25, -0.2) is 4.98 Å². The summed E-state index contributed by atoms with van der Waals surface area (Å²) in [5.41, 5.74) is 7.46. The Morgan fingerprint density at radius 2 is 2.45 bits per heavy atom. The van der Waals surface area contributed by atoms with Crippen LogP contribution < -0.4 is 5.73 Å². The summed E-state index contributed by atoms with van der Waals surface area (Å²) >= 11 is 7.58. The third kappa shape index (κ3) is 3.06. The van der Waals surface area contributed by atoms with Crippen LogP contribution >= 0.6 is 22.9 Å². The monoisotopic (exact) mass is 311 g/mol. The maximum atomic E-state index is 6.36. The molecular weight excluding hydrogens is 294 g/mol. The number of nitrogens with two attached hydrogens (primary N) is 1. The molecule has 20 heavy (non-hydrogen) atoms. The number of thiophene rings is 1. The molecule has 0 amide bonds. The molecule has 2 N–H and O–H groups in total. The second-order valence-corrected chi connectivity index (χ2v) is 6.92. The quantitative estimate of drug-likeness (QED) is 0.923. The van der Waals surface area contributed by atoms with E-state index in [0.717, 1.165) is 42.6 Å². The van der Waals surface area contributed by atoms with Crippen LogP contribution in [0.2, 0.25) is 4.34 Å². The lowest BCUT2D eigenvalue weighted by atomic mass is 9.97. The van der Waals surface area contributed by atoms with Crippen molar-refractivity contribution in [2.24, 2.45) is 11.7 Å². The van der Waals surface area contributed by atoms with Crippen molar-refractivity contribution in [3.05, 3.63) is 39.6 Å². The number of hydrogen-bond acceptors (Lipinski definition) is 4. The Morgan fingerprint density at radius 3 is 3.15 bits per heavy atom. The molecule has 0 aliphatic carbocycles. The van der Waals surface area contributed by atoms with E-state index in [1.807, 2.05) is 18.6 Å². The van der Waals surface area contributed by atoms with Crippen molar-refractivity contribution in [1.29, 1.82) is 0 Å². The Balaban J connectivity index is 1.66. The average Bonchev–Trinajstić information content (AvgIpc) is 3.17. The highest BCUT2D eigenvalue weighted by Gasteiger charge is 2.26. The van der Waals surface area contributed by atoms with Gasteiger partial charge >= 0.3 is 0 Å². The molecule has 108 valence electrons. The Kier molecular flexibility index (Phi) is 4.41. The van der Waals surface area contributed by atoms with Crippen molar-refractivity contribution in [1.82, 2.24) is 9.55 Å². The molecule has 6 heteroatoms. The zero-order chi connectivity index (χ0) is 13.9. The van der Waals surface area contributed by atoms with Gasteiger partial charge in [0.1, 0.15) is 0 Å². The first kappa shape index (κ1) is 14.1. The summed E-state index contributed by atoms with van der Waals surface area (Å²) < 4.78 is 8.41. The molecular formula is C14H18ClN3OS. The molecule has 0 bridgehead atoms. The first-order chi connectivity index (χ1) is 9.74. The fourth-order valence-corrected chi connectivity index (χ4v) is 3.67. The summed E-state index contributed by atoms with van der Waals surface area (Å²) in [6.45, 7) is 2.46. The first-order valence-corrected chi connectivity index (χ1v) is 8.01. The molecule has 1 saturated heterocycles. The van der Waals surface area contributed by atoms with E-state index in [2.05, 4.69) is 15.6 Å². The zero-order valence-corrected chi connectivity index (χ0v) is 12.7. The van der Waals surface area contributed by atoms with Crippen molar-refractivity contribution in [2.75, 3.05) is 13.2 Å². The van der Waals surface area contributed by atoms with E-state index < -0.39 is 0 Å². The van der Waals surface area contributed by atoms with Gasteiger partial charge in [-0.3, -0.25) is 0 Å². The molecule has 1 fully saturated rings. The lowest BCUT2D eigenvalue weighted by Gasteiger charge is -2.19. The third-order valence-corrected chi connectivity index (χ3v) is 5.08. The molecule has 1 aliphatic rings. The molecule has 2 aromatic heterocycles. The molecule has 3 heterocycles. The van der Waals surface area contributed by atoms with Crippen molar-refractivity contribution in [3.8, 4) is 0 Å². The summed E-state index contributed by atoms with van der Waals surface area (Å²) in [7, 11) is 0. The van der Waals surface area contributed by atoms with E-state index in [0.29, 0.717) is 5.92 Å². The molecule has 0 aromatic carbocycles. The van der Waals surface area contributed by atoms with E-state index in [9.17, 15) is 0 Å². The number of rotatable bonds is 5. The number of hydrogen-bond donors (Lipinski definition) is 1. The van der Waals surface area contributed by atoms with E-state index in [-0.39, 0.29) is 6.04 Å². The Labute approximate surface area is 127 Å². The Morgan fingerprint density at radius 1 is 1.55 bits per heavy atom. The highest BCUT2D eigenvalue weighted by atomic mass is 35.5. The van der Waals surface area contributed by atoms with Crippen LogP contribution in [-0.4, -0.2) is 22.8 Å². The number of ether oxygens (including phenoxy) is 1. The van der Waals surface area contributed by atoms with Crippen LogP contribution in [0.4, 0.5) is 0 Å². The lowest BCUT2D eigenvalue weighted by molar-refractivity contribution is 0.180. The predicted molar refractivity (Wildman–Crippen MR) is 81.1 cm³/mol. The maximum absolute atomic E-state index is 6.36. The zero-order valence-electron chi connectivity index (χ0n) is 11.2. The number of aryl methyl sites for hydroxylation is 2. The van der Waals surface area contributed by atoms with Gasteiger partial charge in [0.2, 0.25) is 0 Å². The van der Waals surface area contributed by atoms with E-state index in [1.165, 1.54) is 4.88 Å². The summed E-state index contributed by atoms with van der Waals surface area (Å²) in [6, 6.07) is 4.03. The fraction of sp³-hybridized carbons (Fsp3) is 0.500. The Bertz CT molecular complexity index is 562. The summed E-state index contributed by atoms with van der Waals surface area (Å²) in [5.74, 6) is 0.404. The van der Waals surface area contributed by atoms with Crippen LogP contribution in [0.25, 0.3) is 0 Å². The number of imidazole rings is 1. The van der Waals surface area contributed by atoms with Crippen LogP contribution in [0.3, 0.4) is 0 Å². The Hall–Kier alpha value is -0.880. The smallest absolute Gasteiger partial charge is 0.0948 e. The number of halogens is 1. The lowest BCUT2D eigenvalue weighted by Crippen LogP contribution is -2.24. The number of nitrogens with zero attached hydrogens (tertiary/aromatic N) is 2. The molecule has 0 saturated carbocycles. The fourth-order valence-electron chi connectivity index (χ4n) is 2.59. The topological polar surface area (TPSA) is 53.1 Å². The van der Waals surface area contributed by atoms with Gasteiger partial charge in [0.15, 0.2) is 0 Å². The molecule has 1 aliphatic heterocycles. The molecule has 2 atom stereocenters. The normalized spacial score (nSPS) is 20.4. The van der Waals surface area contributed by atoms with Gasteiger partial charge in [0.05, 0.1) is 29.0 Å². The van der Waals surface area contributed by atoms with Crippen LogP contribution in [-0.2, 0) is 17.7 Å². The van der Waals surface area contributed by atoms with E-state index >= 15 is 0 Å². The second-order valence-electron chi connectivity index (χ2n) is 5.12. The molecule has 2 unspecified atom stereocenters. The molecule has 3 rings (SSSR count). The highest BCUT2D eigenvalue weighted by Crippen LogP contribution is 2.27. The maximum Gasteiger partial charge on any atom is 0.0948 e. The highest BCUT2D eigenvalue weighted by molar-refractivity contribution is 7.16. The van der Waals surface area contributed by atoms with Crippen molar-refractivity contribution >= 4 is 22.9 Å². The van der Waals surface area contributed by atoms with Gasteiger partial charge in [-0.15, -0.1) is 11.3 Å². The van der Waals surface area contributed by atoms with Gasteiger partial charge in [-0.05, 0) is 25.0 Å². The van der Waals surface area contributed by atoms with Crippen LogP contribution in [0, 0.1) is 5.92 Å². The molecule has 2 aromatic rings. The second kappa shape index (κ2) is 6.26. The number of aromatic nitrogens is 2. The minimum Gasteiger partial charge on any atom is -0.381 e. The summed E-state index contributed by atoms with van der Waals surface area (Å²) in [5, 5.41) is 0. The van der Waals surface area contributed by atoms with Crippen molar-refractivity contribution in [3.63, 3.8) is 0 Å². The minimum absolute atomic E-state index is 0.00641. The SMILES string of the molecule is NC(c1cncn1CCc1ccc(Cl)s1)C1CCOC1. The van der Waals surface area contributed by atoms with Crippen LogP contribution in [0.5, 0.6) is 0 Å². The van der Waals surface area contributed by atoms with Gasteiger partial charge in [-0.1, -0.05) is 11.6 Å². The first-order valence-electron chi connectivity index (χ1n) is 6.81. The standard InChI is InChI=1S/C14H18ClN3OS/c15-13-2-1-11(20-13)3-5-18-9-17-7-12(18)14(16)10-4-6-19-8-10/h1-2,7,9-10,14H,3-6,8,16H2. The van der Waals surface area contributed by atoms with Crippen LogP contribution in [0.15, 0.2) is 24.7 Å². The van der Waals surface area contributed by atoms with Gasteiger partial charge in [0, 0.05) is 30.1 Å². The molecule has 0 radical (unpaired) electrons. The van der Waals surface area contributed by atoms with Crippen molar-refractivity contribution < 1.29 is 4.74 Å². The van der Waals surface area contributed by atoms with Gasteiger partial charge in [0.25, 0.3) is 0 Å². The van der Waals surface area contributed by atoms with E-state index in [4.69, 9.17) is 22.1 Å². The molecule has 0 spiro atoms. The van der Waals surface area contributed by atoms with Crippen molar-refractivity contribution in [2.45, 2.75) is 25.4 Å². The molecule has 4 nitrogen and oxygen atoms in total. The van der Waals surface area contributed by atoms with E-state index in [1.54, 1.807) is 11.3 Å². The largest absolute Gasteiger partial charge is 0.381 e. The minimum atomic E-state index is 0.00641.